The van der Waals surface area contributed by atoms with Gasteiger partial charge in [-0.15, -0.1) is 0 Å². The molecule has 29 heavy (non-hydrogen) atoms. The molecule has 0 saturated heterocycles. The Morgan fingerprint density at radius 2 is 1.86 bits per heavy atom. The Balaban J connectivity index is 1.36. The summed E-state index contributed by atoms with van der Waals surface area (Å²) < 4.78 is 0. The van der Waals surface area contributed by atoms with E-state index in [1.165, 1.54) is 44.9 Å². The number of rotatable bonds is 1. The Hall–Kier alpha value is -1.77. The molecule has 0 amide bonds. The van der Waals surface area contributed by atoms with E-state index in [1.807, 2.05) is 12.1 Å². The standard InChI is InChI=1S/C26H34N2O/c1-25-13-6-5-7-16(25)10-11-17-19(25)12-14-26(2)20(17)15-18(23(26)29)24-27-21-8-3-4-9-22(21)28-24/h3-4,8-9,16-17,19-20,29H,5-7,10-15H2,1-2H3,(H,27,28). The number of nitrogens with zero attached hydrogens (tertiary/aromatic N) is 1. The van der Waals surface area contributed by atoms with Crippen molar-refractivity contribution in [3.05, 3.63) is 35.8 Å². The van der Waals surface area contributed by atoms with Crippen molar-refractivity contribution in [2.75, 3.05) is 0 Å². The molecule has 0 radical (unpaired) electrons. The number of H-pyrrole nitrogens is 1. The predicted octanol–water partition coefficient (Wildman–Crippen LogP) is 6.87. The molecule has 0 bridgehead atoms. The van der Waals surface area contributed by atoms with E-state index < -0.39 is 0 Å². The van der Waals surface area contributed by atoms with Gasteiger partial charge in [0.15, 0.2) is 0 Å². The molecule has 6 unspecified atom stereocenters. The normalized spacial score (nSPS) is 41.9. The summed E-state index contributed by atoms with van der Waals surface area (Å²) in [4.78, 5) is 8.33. The van der Waals surface area contributed by atoms with Crippen molar-refractivity contribution in [1.29, 1.82) is 0 Å². The molecule has 4 aliphatic rings. The van der Waals surface area contributed by atoms with Crippen molar-refractivity contribution in [2.45, 2.75) is 71.6 Å². The number of benzene rings is 1. The van der Waals surface area contributed by atoms with Crippen LogP contribution in [0.3, 0.4) is 0 Å². The van der Waals surface area contributed by atoms with Crippen LogP contribution < -0.4 is 0 Å². The van der Waals surface area contributed by atoms with Gasteiger partial charge in [0.2, 0.25) is 0 Å². The molecule has 2 N–H and O–H groups in total. The van der Waals surface area contributed by atoms with E-state index in [1.54, 1.807) is 0 Å². The lowest BCUT2D eigenvalue weighted by atomic mass is 9.45. The molecule has 6 rings (SSSR count). The van der Waals surface area contributed by atoms with Gasteiger partial charge < -0.3 is 10.1 Å². The summed E-state index contributed by atoms with van der Waals surface area (Å²) in [5.74, 6) is 4.66. The zero-order valence-corrected chi connectivity index (χ0v) is 17.9. The van der Waals surface area contributed by atoms with Gasteiger partial charge in [-0.3, -0.25) is 0 Å². The van der Waals surface area contributed by atoms with Gasteiger partial charge in [-0.25, -0.2) is 4.98 Å². The zero-order chi connectivity index (χ0) is 19.8. The Kier molecular flexibility index (Phi) is 3.81. The van der Waals surface area contributed by atoms with Crippen LogP contribution in [0.25, 0.3) is 16.6 Å². The van der Waals surface area contributed by atoms with E-state index >= 15 is 0 Å². The van der Waals surface area contributed by atoms with Gasteiger partial charge in [-0.1, -0.05) is 38.8 Å². The van der Waals surface area contributed by atoms with E-state index in [9.17, 15) is 5.11 Å². The molecule has 3 heteroatoms. The average molecular weight is 391 g/mol. The molecule has 1 heterocycles. The second-order valence-electron chi connectivity index (χ2n) is 11.0. The number of aliphatic hydroxyl groups excluding tert-OH is 1. The fourth-order valence-corrected chi connectivity index (χ4v) is 8.25. The minimum absolute atomic E-state index is 0.0622. The van der Waals surface area contributed by atoms with Crippen LogP contribution in [0.2, 0.25) is 0 Å². The van der Waals surface area contributed by atoms with Gasteiger partial charge >= 0.3 is 0 Å². The van der Waals surface area contributed by atoms with E-state index in [0.717, 1.165) is 53.0 Å². The van der Waals surface area contributed by atoms with Crippen LogP contribution in [0.15, 0.2) is 30.0 Å². The number of fused-ring (bicyclic) bond motifs is 6. The number of allylic oxidation sites excluding steroid dienone is 2. The summed E-state index contributed by atoms with van der Waals surface area (Å²) in [6.07, 6.45) is 11.9. The second kappa shape index (κ2) is 6.12. The first-order valence-corrected chi connectivity index (χ1v) is 11.9. The molecule has 0 spiro atoms. The van der Waals surface area contributed by atoms with E-state index in [2.05, 4.69) is 31.0 Å². The maximum atomic E-state index is 11.4. The van der Waals surface area contributed by atoms with Crippen LogP contribution >= 0.6 is 0 Å². The highest BCUT2D eigenvalue weighted by Gasteiger charge is 2.59. The smallest absolute Gasteiger partial charge is 0.137 e. The van der Waals surface area contributed by atoms with Crippen molar-refractivity contribution in [3.63, 3.8) is 0 Å². The highest BCUT2D eigenvalue weighted by molar-refractivity contribution is 5.79. The number of nitrogens with one attached hydrogen (secondary N) is 1. The maximum Gasteiger partial charge on any atom is 0.137 e. The van der Waals surface area contributed by atoms with Crippen molar-refractivity contribution >= 4 is 16.6 Å². The van der Waals surface area contributed by atoms with Crippen LogP contribution in [0, 0.1) is 34.5 Å². The lowest BCUT2D eigenvalue weighted by Crippen LogP contribution is -2.52. The van der Waals surface area contributed by atoms with Gasteiger partial charge in [-0.05, 0) is 86.2 Å². The zero-order valence-electron chi connectivity index (χ0n) is 17.9. The Labute approximate surface area is 174 Å². The van der Waals surface area contributed by atoms with E-state index in [4.69, 9.17) is 4.98 Å². The number of hydrogen-bond acceptors (Lipinski definition) is 2. The van der Waals surface area contributed by atoms with Gasteiger partial charge in [0.25, 0.3) is 0 Å². The maximum absolute atomic E-state index is 11.4. The topological polar surface area (TPSA) is 48.9 Å². The second-order valence-corrected chi connectivity index (χ2v) is 11.0. The summed E-state index contributed by atoms with van der Waals surface area (Å²) in [5, 5.41) is 11.4. The van der Waals surface area contributed by atoms with Gasteiger partial charge in [-0.2, -0.15) is 0 Å². The lowest BCUT2D eigenvalue weighted by Gasteiger charge is -2.59. The van der Waals surface area contributed by atoms with Crippen LogP contribution in [0.4, 0.5) is 0 Å². The molecule has 6 atom stereocenters. The number of aromatic nitrogens is 2. The number of aromatic amines is 1. The minimum atomic E-state index is -0.0622. The molecule has 154 valence electrons. The SMILES string of the molecule is CC12CCC3C(CCC4CCCCC43C)C1CC(c1nc3ccccc3[nH]1)=C2O. The third-order valence-electron chi connectivity index (χ3n) is 9.90. The minimum Gasteiger partial charge on any atom is -0.511 e. The van der Waals surface area contributed by atoms with Crippen LogP contribution in [-0.2, 0) is 0 Å². The third-order valence-corrected chi connectivity index (χ3v) is 9.90. The Morgan fingerprint density at radius 3 is 2.72 bits per heavy atom. The first kappa shape index (κ1) is 18.0. The Morgan fingerprint density at radius 1 is 1.00 bits per heavy atom. The molecule has 1 aromatic carbocycles. The van der Waals surface area contributed by atoms with Crippen LogP contribution in [0.1, 0.15) is 77.5 Å². The predicted molar refractivity (Wildman–Crippen MR) is 117 cm³/mol. The quantitative estimate of drug-likeness (QED) is 0.558. The average Bonchev–Trinajstić information content (AvgIpc) is 3.26. The van der Waals surface area contributed by atoms with Crippen LogP contribution in [-0.4, -0.2) is 15.1 Å². The van der Waals surface area contributed by atoms with Crippen LogP contribution in [0.5, 0.6) is 0 Å². The molecule has 4 aliphatic carbocycles. The molecule has 2 aromatic rings. The number of hydrogen-bond donors (Lipinski definition) is 2. The molecule has 3 saturated carbocycles. The largest absolute Gasteiger partial charge is 0.511 e. The highest BCUT2D eigenvalue weighted by atomic mass is 16.3. The molecule has 3 fully saturated rings. The van der Waals surface area contributed by atoms with E-state index in [0.29, 0.717) is 17.1 Å². The molecule has 1 aromatic heterocycles. The first-order valence-electron chi connectivity index (χ1n) is 11.9. The van der Waals surface area contributed by atoms with Crippen molar-refractivity contribution in [1.82, 2.24) is 9.97 Å². The van der Waals surface area contributed by atoms with Crippen molar-refractivity contribution < 1.29 is 5.11 Å². The number of imidazole rings is 1. The van der Waals surface area contributed by atoms with E-state index in [-0.39, 0.29) is 5.41 Å². The summed E-state index contributed by atoms with van der Waals surface area (Å²) in [7, 11) is 0. The fourth-order valence-electron chi connectivity index (χ4n) is 8.25. The summed E-state index contributed by atoms with van der Waals surface area (Å²) in [6.45, 7) is 4.97. The summed E-state index contributed by atoms with van der Waals surface area (Å²) in [6, 6.07) is 8.21. The van der Waals surface area contributed by atoms with Gasteiger partial charge in [0.1, 0.15) is 11.6 Å². The molecule has 3 nitrogen and oxygen atoms in total. The highest BCUT2D eigenvalue weighted by Crippen LogP contribution is 2.67. The summed E-state index contributed by atoms with van der Waals surface area (Å²) in [5.41, 5.74) is 3.63. The number of aliphatic hydroxyl groups is 1. The fraction of sp³-hybridized carbons (Fsp3) is 0.654. The van der Waals surface area contributed by atoms with Crippen molar-refractivity contribution in [2.24, 2.45) is 34.5 Å². The monoisotopic (exact) mass is 390 g/mol. The van der Waals surface area contributed by atoms with Crippen molar-refractivity contribution in [3.8, 4) is 0 Å². The van der Waals surface area contributed by atoms with Gasteiger partial charge in [0, 0.05) is 11.0 Å². The summed E-state index contributed by atoms with van der Waals surface area (Å²) >= 11 is 0. The Bertz CT molecular complexity index is 957. The lowest BCUT2D eigenvalue weighted by molar-refractivity contribution is -0.104. The van der Waals surface area contributed by atoms with Gasteiger partial charge in [0.05, 0.1) is 11.0 Å². The molecular formula is C26H34N2O. The molecular weight excluding hydrogens is 356 g/mol. The number of para-hydroxylation sites is 2. The molecule has 0 aliphatic heterocycles. The first-order chi connectivity index (χ1) is 14.0. The third kappa shape index (κ3) is 2.39.